The molecule has 1 aromatic carbocycles. The van der Waals surface area contributed by atoms with E-state index >= 15 is 0 Å². The van der Waals surface area contributed by atoms with E-state index in [0.717, 1.165) is 5.33 Å². The van der Waals surface area contributed by atoms with Crippen LogP contribution in [-0.4, -0.2) is 0 Å². The second kappa shape index (κ2) is 6.74. The van der Waals surface area contributed by atoms with Gasteiger partial charge in [0.1, 0.15) is 0 Å². The zero-order valence-corrected chi connectivity index (χ0v) is 7.21. The molecule has 0 amide bonds. The van der Waals surface area contributed by atoms with E-state index in [4.69, 9.17) is 0 Å². The van der Waals surface area contributed by atoms with Crippen molar-refractivity contribution in [2.24, 2.45) is 11.7 Å². The molecule has 0 spiro atoms. The van der Waals surface area contributed by atoms with Crippen LogP contribution in [-0.2, 0) is 5.33 Å². The van der Waals surface area contributed by atoms with Crippen LogP contribution < -0.4 is 11.7 Å². The number of hydrogen-bond acceptors (Lipinski definition) is 2. The molecule has 0 heterocycles. The van der Waals surface area contributed by atoms with E-state index in [2.05, 4.69) is 39.7 Å². The van der Waals surface area contributed by atoms with Crippen molar-refractivity contribution in [2.45, 2.75) is 5.33 Å². The molecule has 0 radical (unpaired) electrons. The molecule has 0 saturated heterocycles. The van der Waals surface area contributed by atoms with Crippen molar-refractivity contribution in [3.05, 3.63) is 35.9 Å². The summed E-state index contributed by atoms with van der Waals surface area (Å²) in [6.45, 7) is 0. The third kappa shape index (κ3) is 3.61. The Kier molecular flexibility index (Phi) is 6.48. The van der Waals surface area contributed by atoms with Gasteiger partial charge in [0.25, 0.3) is 0 Å². The molecule has 0 aliphatic rings. The summed E-state index contributed by atoms with van der Waals surface area (Å²) >= 11 is 3.36. The lowest BCUT2D eigenvalue weighted by Gasteiger charge is -1.88. The first-order valence-corrected chi connectivity index (χ1v) is 3.99. The summed E-state index contributed by atoms with van der Waals surface area (Å²) in [4.78, 5) is 0. The van der Waals surface area contributed by atoms with E-state index < -0.39 is 0 Å². The molecule has 0 saturated carbocycles. The molecule has 3 heteroatoms. The Labute approximate surface area is 69.3 Å². The van der Waals surface area contributed by atoms with Gasteiger partial charge in [-0.1, -0.05) is 46.3 Å². The molecule has 56 valence electrons. The van der Waals surface area contributed by atoms with Gasteiger partial charge in [-0.2, -0.15) is 0 Å². The normalized spacial score (nSPS) is 7.90. The first-order valence-electron chi connectivity index (χ1n) is 2.86. The predicted octanol–water partition coefficient (Wildman–Crippen LogP) is 1.40. The molecule has 4 N–H and O–H groups in total. The zero-order valence-electron chi connectivity index (χ0n) is 5.63. The number of hydrazine groups is 1. The van der Waals surface area contributed by atoms with Gasteiger partial charge in [-0.05, 0) is 5.56 Å². The number of rotatable bonds is 1. The highest BCUT2D eigenvalue weighted by atomic mass is 79.9. The fourth-order valence-corrected chi connectivity index (χ4v) is 0.941. The summed E-state index contributed by atoms with van der Waals surface area (Å²) in [5.74, 6) is 8.00. The second-order valence-electron chi connectivity index (χ2n) is 1.62. The molecule has 1 aromatic rings. The predicted molar refractivity (Wildman–Crippen MR) is 47.4 cm³/mol. The fraction of sp³-hybridized carbons (Fsp3) is 0.143. The van der Waals surface area contributed by atoms with Gasteiger partial charge >= 0.3 is 0 Å². The van der Waals surface area contributed by atoms with Gasteiger partial charge in [0.15, 0.2) is 0 Å². The Balaban J connectivity index is 0.000000371. The second-order valence-corrected chi connectivity index (χ2v) is 2.18. The lowest BCUT2D eigenvalue weighted by atomic mass is 10.2. The third-order valence-electron chi connectivity index (χ3n) is 0.997. The van der Waals surface area contributed by atoms with Gasteiger partial charge in [0, 0.05) is 5.33 Å². The van der Waals surface area contributed by atoms with Crippen LogP contribution in [0.2, 0.25) is 0 Å². The lowest BCUT2D eigenvalue weighted by Crippen LogP contribution is -2.02. The molecular weight excluding hydrogens is 192 g/mol. The Bertz CT molecular complexity index is 153. The van der Waals surface area contributed by atoms with Gasteiger partial charge in [-0.15, -0.1) is 0 Å². The number of nitrogens with two attached hydrogens (primary N) is 2. The Hall–Kier alpha value is -0.380. The summed E-state index contributed by atoms with van der Waals surface area (Å²) in [6.07, 6.45) is 0. The number of benzene rings is 1. The monoisotopic (exact) mass is 202 g/mol. The highest BCUT2D eigenvalue weighted by molar-refractivity contribution is 9.08. The van der Waals surface area contributed by atoms with E-state index in [9.17, 15) is 0 Å². The minimum absolute atomic E-state index is 0.952. The van der Waals surface area contributed by atoms with Crippen LogP contribution in [0, 0.1) is 0 Å². The van der Waals surface area contributed by atoms with Crippen molar-refractivity contribution in [1.29, 1.82) is 0 Å². The first-order chi connectivity index (χ1) is 4.93. The van der Waals surface area contributed by atoms with Gasteiger partial charge < -0.3 is 0 Å². The topological polar surface area (TPSA) is 52.0 Å². The molecule has 0 fully saturated rings. The summed E-state index contributed by atoms with van der Waals surface area (Å²) in [5, 5.41) is 0.952. The molecule has 0 unspecified atom stereocenters. The van der Waals surface area contributed by atoms with Crippen molar-refractivity contribution >= 4 is 15.9 Å². The highest BCUT2D eigenvalue weighted by Crippen LogP contribution is 2.02. The van der Waals surface area contributed by atoms with Gasteiger partial charge in [-0.3, -0.25) is 11.7 Å². The maximum Gasteiger partial charge on any atom is 0.0283 e. The molecule has 0 aliphatic carbocycles. The number of alkyl halides is 1. The largest absolute Gasteiger partial charge is 0.274 e. The molecule has 0 atom stereocenters. The summed E-state index contributed by atoms with van der Waals surface area (Å²) in [5.41, 5.74) is 1.33. The Morgan fingerprint density at radius 1 is 1.10 bits per heavy atom. The van der Waals surface area contributed by atoms with Crippen molar-refractivity contribution in [3.63, 3.8) is 0 Å². The van der Waals surface area contributed by atoms with Crippen molar-refractivity contribution in [3.8, 4) is 0 Å². The standard InChI is InChI=1S/C7H7Br.H4N2/c8-6-7-4-2-1-3-5-7;1-2/h1-5H,6H2;1-2H2. The molecule has 2 nitrogen and oxygen atoms in total. The quantitative estimate of drug-likeness (QED) is 0.411. The molecule has 10 heavy (non-hydrogen) atoms. The molecule has 0 aliphatic heterocycles. The van der Waals surface area contributed by atoms with E-state index in [1.807, 2.05) is 18.2 Å². The van der Waals surface area contributed by atoms with Gasteiger partial charge in [0.2, 0.25) is 0 Å². The summed E-state index contributed by atoms with van der Waals surface area (Å²) in [7, 11) is 0. The zero-order chi connectivity index (χ0) is 7.82. The van der Waals surface area contributed by atoms with Crippen molar-refractivity contribution in [1.82, 2.24) is 0 Å². The lowest BCUT2D eigenvalue weighted by molar-refractivity contribution is 1.26. The summed E-state index contributed by atoms with van der Waals surface area (Å²) < 4.78 is 0. The van der Waals surface area contributed by atoms with Crippen LogP contribution in [0.3, 0.4) is 0 Å². The van der Waals surface area contributed by atoms with Crippen LogP contribution >= 0.6 is 15.9 Å². The molecular formula is C7H11BrN2. The average Bonchev–Trinajstić information content (AvgIpc) is 2.10. The number of halogens is 1. The minimum atomic E-state index is 0.952. The Morgan fingerprint density at radius 3 is 1.90 bits per heavy atom. The smallest absolute Gasteiger partial charge is 0.0283 e. The van der Waals surface area contributed by atoms with E-state index in [0.29, 0.717) is 0 Å². The van der Waals surface area contributed by atoms with E-state index in [1.165, 1.54) is 5.56 Å². The SMILES string of the molecule is BrCc1ccccc1.NN. The van der Waals surface area contributed by atoms with Crippen LogP contribution in [0.1, 0.15) is 5.56 Å². The maximum atomic E-state index is 4.00. The molecule has 0 aromatic heterocycles. The fourth-order valence-electron chi connectivity index (χ4n) is 0.567. The van der Waals surface area contributed by atoms with Gasteiger partial charge in [0.05, 0.1) is 0 Å². The van der Waals surface area contributed by atoms with Crippen LogP contribution in [0.4, 0.5) is 0 Å². The van der Waals surface area contributed by atoms with Crippen molar-refractivity contribution < 1.29 is 0 Å². The minimum Gasteiger partial charge on any atom is -0.274 e. The van der Waals surface area contributed by atoms with Crippen LogP contribution in [0.15, 0.2) is 30.3 Å². The van der Waals surface area contributed by atoms with Crippen molar-refractivity contribution in [2.75, 3.05) is 0 Å². The summed E-state index contributed by atoms with van der Waals surface area (Å²) in [6, 6.07) is 10.3. The third-order valence-corrected chi connectivity index (χ3v) is 1.64. The molecule has 1 rings (SSSR count). The highest BCUT2D eigenvalue weighted by Gasteiger charge is 1.81. The Morgan fingerprint density at radius 2 is 1.60 bits per heavy atom. The van der Waals surface area contributed by atoms with E-state index in [-0.39, 0.29) is 0 Å². The van der Waals surface area contributed by atoms with Crippen LogP contribution in [0.25, 0.3) is 0 Å². The van der Waals surface area contributed by atoms with E-state index in [1.54, 1.807) is 0 Å². The van der Waals surface area contributed by atoms with Gasteiger partial charge in [-0.25, -0.2) is 0 Å². The number of hydrogen-bond donors (Lipinski definition) is 2. The molecule has 0 bridgehead atoms. The van der Waals surface area contributed by atoms with Crippen LogP contribution in [0.5, 0.6) is 0 Å². The maximum absolute atomic E-state index is 4.00. The average molecular weight is 203 g/mol. The first kappa shape index (κ1) is 9.62.